The van der Waals surface area contributed by atoms with E-state index in [0.29, 0.717) is 11.5 Å². The lowest BCUT2D eigenvalue weighted by Gasteiger charge is -2.29. The van der Waals surface area contributed by atoms with Crippen molar-refractivity contribution >= 4 is 0 Å². The van der Waals surface area contributed by atoms with Gasteiger partial charge in [0.25, 0.3) is 0 Å². The number of nitrogens with two attached hydrogens (primary N) is 1. The largest absolute Gasteiger partial charge is 0.327 e. The standard InChI is InChI=1S/C14H28N2/c1-4-11-6-8-16(9-11)10-12-5-7-14(2,3)13(12)15/h11-13H,4-10,15H2,1-3H3. The van der Waals surface area contributed by atoms with Crippen LogP contribution in [0.1, 0.15) is 46.5 Å². The zero-order valence-electron chi connectivity index (χ0n) is 11.2. The minimum absolute atomic E-state index is 0.370. The maximum Gasteiger partial charge on any atom is 0.0131 e. The third-order valence-corrected chi connectivity index (χ3v) is 5.01. The summed E-state index contributed by atoms with van der Waals surface area (Å²) in [5.41, 5.74) is 6.74. The van der Waals surface area contributed by atoms with Crippen LogP contribution in [0.25, 0.3) is 0 Å². The monoisotopic (exact) mass is 224 g/mol. The molecule has 94 valence electrons. The molecule has 16 heavy (non-hydrogen) atoms. The second-order valence-corrected chi connectivity index (χ2v) is 6.64. The number of likely N-dealkylation sites (tertiary alicyclic amines) is 1. The van der Waals surface area contributed by atoms with Gasteiger partial charge in [0.1, 0.15) is 0 Å². The average Bonchev–Trinajstić information content (AvgIpc) is 2.79. The van der Waals surface area contributed by atoms with E-state index in [0.717, 1.165) is 11.8 Å². The molecule has 0 amide bonds. The SMILES string of the molecule is CCC1CCN(CC2CCC(C)(C)C2N)C1. The third kappa shape index (κ3) is 2.43. The summed E-state index contributed by atoms with van der Waals surface area (Å²) in [6.07, 6.45) is 5.39. The third-order valence-electron chi connectivity index (χ3n) is 5.01. The maximum atomic E-state index is 6.38. The molecular formula is C14H28N2. The van der Waals surface area contributed by atoms with E-state index in [9.17, 15) is 0 Å². The van der Waals surface area contributed by atoms with Gasteiger partial charge in [0, 0.05) is 19.1 Å². The minimum Gasteiger partial charge on any atom is -0.327 e. The van der Waals surface area contributed by atoms with Gasteiger partial charge in [-0.3, -0.25) is 0 Å². The van der Waals surface area contributed by atoms with Crippen molar-refractivity contribution in [3.8, 4) is 0 Å². The Bertz CT molecular complexity index is 237. The molecule has 1 saturated heterocycles. The van der Waals surface area contributed by atoms with Crippen LogP contribution in [-0.2, 0) is 0 Å². The minimum atomic E-state index is 0.370. The fourth-order valence-corrected chi connectivity index (χ4v) is 3.49. The van der Waals surface area contributed by atoms with Gasteiger partial charge in [0.05, 0.1) is 0 Å². The van der Waals surface area contributed by atoms with Crippen molar-refractivity contribution in [2.75, 3.05) is 19.6 Å². The van der Waals surface area contributed by atoms with Crippen LogP contribution in [0.3, 0.4) is 0 Å². The molecule has 0 aromatic carbocycles. The van der Waals surface area contributed by atoms with Crippen LogP contribution in [-0.4, -0.2) is 30.6 Å². The Balaban J connectivity index is 1.83. The van der Waals surface area contributed by atoms with E-state index < -0.39 is 0 Å². The number of hydrogen-bond donors (Lipinski definition) is 1. The van der Waals surface area contributed by atoms with Gasteiger partial charge in [-0.05, 0) is 43.1 Å². The van der Waals surface area contributed by atoms with Gasteiger partial charge in [-0.2, -0.15) is 0 Å². The number of rotatable bonds is 3. The number of hydrogen-bond acceptors (Lipinski definition) is 2. The molecule has 2 nitrogen and oxygen atoms in total. The lowest BCUT2D eigenvalue weighted by atomic mass is 9.85. The summed E-state index contributed by atoms with van der Waals surface area (Å²) in [5, 5.41) is 0. The van der Waals surface area contributed by atoms with Gasteiger partial charge in [0.15, 0.2) is 0 Å². The van der Waals surface area contributed by atoms with E-state index in [4.69, 9.17) is 5.73 Å². The summed E-state index contributed by atoms with van der Waals surface area (Å²) in [7, 11) is 0. The van der Waals surface area contributed by atoms with Crippen molar-refractivity contribution in [3.63, 3.8) is 0 Å². The predicted molar refractivity (Wildman–Crippen MR) is 69.3 cm³/mol. The summed E-state index contributed by atoms with van der Waals surface area (Å²) < 4.78 is 0. The molecule has 1 aliphatic carbocycles. The molecule has 1 saturated carbocycles. The first-order valence-corrected chi connectivity index (χ1v) is 7.01. The molecule has 3 unspecified atom stereocenters. The molecule has 2 fully saturated rings. The fourth-order valence-electron chi connectivity index (χ4n) is 3.49. The Morgan fingerprint density at radius 3 is 2.56 bits per heavy atom. The number of nitrogens with zero attached hydrogens (tertiary/aromatic N) is 1. The van der Waals surface area contributed by atoms with Crippen molar-refractivity contribution in [2.24, 2.45) is 23.0 Å². The molecule has 1 aliphatic heterocycles. The van der Waals surface area contributed by atoms with Crippen LogP contribution in [0.15, 0.2) is 0 Å². The van der Waals surface area contributed by atoms with E-state index in [-0.39, 0.29) is 0 Å². The van der Waals surface area contributed by atoms with Crippen molar-refractivity contribution in [1.82, 2.24) is 4.90 Å². The molecule has 2 aliphatic rings. The average molecular weight is 224 g/mol. The highest BCUT2D eigenvalue weighted by Crippen LogP contribution is 2.40. The van der Waals surface area contributed by atoms with Gasteiger partial charge in [-0.1, -0.05) is 27.2 Å². The maximum absolute atomic E-state index is 6.38. The summed E-state index contributed by atoms with van der Waals surface area (Å²) in [4.78, 5) is 2.65. The zero-order valence-corrected chi connectivity index (χ0v) is 11.2. The van der Waals surface area contributed by atoms with Crippen LogP contribution < -0.4 is 5.73 Å². The van der Waals surface area contributed by atoms with E-state index in [1.165, 1.54) is 45.3 Å². The molecule has 0 spiro atoms. The highest BCUT2D eigenvalue weighted by molar-refractivity contribution is 4.95. The fraction of sp³-hybridized carbons (Fsp3) is 1.00. The van der Waals surface area contributed by atoms with Crippen LogP contribution >= 0.6 is 0 Å². The lowest BCUT2D eigenvalue weighted by molar-refractivity contribution is 0.229. The lowest BCUT2D eigenvalue weighted by Crippen LogP contribution is -2.41. The van der Waals surface area contributed by atoms with Gasteiger partial charge < -0.3 is 10.6 Å². The first-order chi connectivity index (χ1) is 7.53. The summed E-state index contributed by atoms with van der Waals surface area (Å²) >= 11 is 0. The molecule has 0 aromatic heterocycles. The Hall–Kier alpha value is -0.0800. The van der Waals surface area contributed by atoms with Gasteiger partial charge in [0.2, 0.25) is 0 Å². The normalized spacial score (nSPS) is 39.4. The molecule has 2 N–H and O–H groups in total. The second-order valence-electron chi connectivity index (χ2n) is 6.64. The topological polar surface area (TPSA) is 29.3 Å². The summed E-state index contributed by atoms with van der Waals surface area (Å²) in [6, 6.07) is 0.410. The Morgan fingerprint density at radius 1 is 1.31 bits per heavy atom. The Labute approximate surface area is 101 Å². The zero-order chi connectivity index (χ0) is 11.8. The molecule has 0 aromatic rings. The molecular weight excluding hydrogens is 196 g/mol. The van der Waals surface area contributed by atoms with E-state index >= 15 is 0 Å². The van der Waals surface area contributed by atoms with Crippen LogP contribution in [0.2, 0.25) is 0 Å². The van der Waals surface area contributed by atoms with Crippen LogP contribution in [0.5, 0.6) is 0 Å². The quantitative estimate of drug-likeness (QED) is 0.798. The molecule has 0 bridgehead atoms. The predicted octanol–water partition coefficient (Wildman–Crippen LogP) is 2.48. The Morgan fingerprint density at radius 2 is 2.06 bits per heavy atom. The summed E-state index contributed by atoms with van der Waals surface area (Å²) in [5.74, 6) is 1.69. The smallest absolute Gasteiger partial charge is 0.0131 e. The Kier molecular flexibility index (Phi) is 3.60. The van der Waals surface area contributed by atoms with Gasteiger partial charge >= 0.3 is 0 Å². The van der Waals surface area contributed by atoms with E-state index in [1.54, 1.807) is 0 Å². The van der Waals surface area contributed by atoms with Crippen molar-refractivity contribution < 1.29 is 0 Å². The van der Waals surface area contributed by atoms with Crippen molar-refractivity contribution in [1.29, 1.82) is 0 Å². The highest BCUT2D eigenvalue weighted by atomic mass is 15.1. The van der Waals surface area contributed by atoms with Crippen molar-refractivity contribution in [2.45, 2.75) is 52.5 Å². The highest BCUT2D eigenvalue weighted by Gasteiger charge is 2.40. The molecule has 1 heterocycles. The van der Waals surface area contributed by atoms with Crippen LogP contribution in [0, 0.1) is 17.3 Å². The van der Waals surface area contributed by atoms with Crippen molar-refractivity contribution in [3.05, 3.63) is 0 Å². The molecule has 3 atom stereocenters. The van der Waals surface area contributed by atoms with E-state index in [2.05, 4.69) is 25.7 Å². The van der Waals surface area contributed by atoms with Gasteiger partial charge in [-0.25, -0.2) is 0 Å². The van der Waals surface area contributed by atoms with Gasteiger partial charge in [-0.15, -0.1) is 0 Å². The molecule has 0 radical (unpaired) electrons. The first-order valence-electron chi connectivity index (χ1n) is 7.01. The summed E-state index contributed by atoms with van der Waals surface area (Å²) in [6.45, 7) is 10.9. The molecule has 2 heteroatoms. The first kappa shape index (κ1) is 12.4. The second kappa shape index (κ2) is 4.66. The van der Waals surface area contributed by atoms with Crippen LogP contribution in [0.4, 0.5) is 0 Å². The van der Waals surface area contributed by atoms with E-state index in [1.807, 2.05) is 0 Å². The molecule has 2 rings (SSSR count).